The second-order valence-electron chi connectivity index (χ2n) is 4.72. The van der Waals surface area contributed by atoms with Crippen molar-refractivity contribution < 1.29 is 0 Å². The summed E-state index contributed by atoms with van der Waals surface area (Å²) in [7, 11) is 0. The zero-order valence-electron chi connectivity index (χ0n) is 11.6. The molecule has 100 valence electrons. The maximum atomic E-state index is 3.46. The van der Waals surface area contributed by atoms with Crippen molar-refractivity contribution >= 4 is 15.9 Å². The topological polar surface area (TPSA) is 0 Å². The smallest absolute Gasteiger partial charge is 0.00886 e. The third-order valence-electron chi connectivity index (χ3n) is 2.97. The van der Waals surface area contributed by atoms with Crippen LogP contribution in [0.15, 0.2) is 0 Å². The van der Waals surface area contributed by atoms with Gasteiger partial charge in [-0.05, 0) is 19.3 Å². The number of rotatable bonds is 11. The highest BCUT2D eigenvalue weighted by Gasteiger charge is 1.88. The largest absolute Gasteiger partial charge is 0.103 e. The van der Waals surface area contributed by atoms with Gasteiger partial charge in [0.1, 0.15) is 0 Å². The van der Waals surface area contributed by atoms with E-state index in [4.69, 9.17) is 0 Å². The molecule has 0 spiro atoms. The van der Waals surface area contributed by atoms with Crippen LogP contribution in [-0.2, 0) is 0 Å². The molecule has 0 amide bonds. The lowest BCUT2D eigenvalue weighted by Gasteiger charge is -1.96. The third-order valence-corrected chi connectivity index (χ3v) is 3.53. The highest BCUT2D eigenvalue weighted by Crippen LogP contribution is 2.06. The predicted molar refractivity (Wildman–Crippen MR) is 82.6 cm³/mol. The Morgan fingerprint density at radius 1 is 0.647 bits per heavy atom. The summed E-state index contributed by atoms with van der Waals surface area (Å²) in [6.45, 7) is 2.27. The van der Waals surface area contributed by atoms with Crippen LogP contribution in [-0.4, -0.2) is 5.33 Å². The Balaban J connectivity index is 3.04. The average molecular weight is 301 g/mol. The first-order valence-electron chi connectivity index (χ1n) is 7.43. The fourth-order valence-corrected chi connectivity index (χ4v) is 2.23. The van der Waals surface area contributed by atoms with Crippen LogP contribution >= 0.6 is 15.9 Å². The molecule has 0 aliphatic rings. The molecule has 0 aliphatic carbocycles. The monoisotopic (exact) mass is 300 g/mol. The summed E-state index contributed by atoms with van der Waals surface area (Å²) >= 11 is 3.46. The van der Waals surface area contributed by atoms with Crippen molar-refractivity contribution in [2.75, 3.05) is 5.33 Å². The van der Waals surface area contributed by atoms with E-state index in [0.717, 1.165) is 18.2 Å². The molecule has 0 aromatic rings. The first-order chi connectivity index (χ1) is 8.41. The number of halogens is 1. The molecular weight excluding hydrogens is 272 g/mol. The maximum Gasteiger partial charge on any atom is 0.00886 e. The van der Waals surface area contributed by atoms with Crippen molar-refractivity contribution in [3.63, 3.8) is 0 Å². The molecule has 0 aliphatic heterocycles. The van der Waals surface area contributed by atoms with Crippen LogP contribution in [0.2, 0.25) is 0 Å². The highest BCUT2D eigenvalue weighted by atomic mass is 79.9. The Morgan fingerprint density at radius 2 is 1.12 bits per heavy atom. The van der Waals surface area contributed by atoms with Crippen LogP contribution in [0.1, 0.15) is 84.0 Å². The molecule has 0 N–H and O–H groups in total. The Hall–Kier alpha value is 0.0400. The Kier molecular flexibility index (Phi) is 16.1. The molecule has 1 heteroatoms. The van der Waals surface area contributed by atoms with Gasteiger partial charge in [0.15, 0.2) is 0 Å². The molecule has 0 saturated heterocycles. The van der Waals surface area contributed by atoms with Gasteiger partial charge in [-0.25, -0.2) is 0 Å². The maximum absolute atomic E-state index is 3.46. The van der Waals surface area contributed by atoms with Crippen LogP contribution in [0, 0.1) is 11.8 Å². The minimum absolute atomic E-state index is 1.11. The predicted octanol–water partition coefficient (Wildman–Crippen LogP) is 6.09. The summed E-state index contributed by atoms with van der Waals surface area (Å²) in [5.41, 5.74) is 0. The van der Waals surface area contributed by atoms with Crippen molar-refractivity contribution in [1.29, 1.82) is 0 Å². The molecule has 0 radical (unpaired) electrons. The van der Waals surface area contributed by atoms with Crippen molar-refractivity contribution in [1.82, 2.24) is 0 Å². The van der Waals surface area contributed by atoms with Crippen LogP contribution < -0.4 is 0 Å². The van der Waals surface area contributed by atoms with E-state index in [2.05, 4.69) is 34.7 Å². The minimum Gasteiger partial charge on any atom is -0.103 e. The standard InChI is InChI=1S/C16H29Br/c1-2-3-4-5-6-7-8-9-10-11-12-13-14-15-16-17/h2-8,11-16H2,1H3. The zero-order valence-corrected chi connectivity index (χ0v) is 13.2. The van der Waals surface area contributed by atoms with Gasteiger partial charge >= 0.3 is 0 Å². The third kappa shape index (κ3) is 16.0. The van der Waals surface area contributed by atoms with E-state index in [9.17, 15) is 0 Å². The van der Waals surface area contributed by atoms with Gasteiger partial charge in [-0.2, -0.15) is 0 Å². The van der Waals surface area contributed by atoms with Crippen molar-refractivity contribution in [2.45, 2.75) is 84.0 Å². The van der Waals surface area contributed by atoms with E-state index >= 15 is 0 Å². The highest BCUT2D eigenvalue weighted by molar-refractivity contribution is 9.09. The van der Waals surface area contributed by atoms with E-state index in [1.807, 2.05) is 0 Å². The van der Waals surface area contributed by atoms with Crippen LogP contribution in [0.5, 0.6) is 0 Å². The Morgan fingerprint density at radius 3 is 1.65 bits per heavy atom. The van der Waals surface area contributed by atoms with Crippen LogP contribution in [0.25, 0.3) is 0 Å². The van der Waals surface area contributed by atoms with Gasteiger partial charge < -0.3 is 0 Å². The number of hydrogen-bond acceptors (Lipinski definition) is 0. The van der Waals surface area contributed by atoms with E-state index in [-0.39, 0.29) is 0 Å². The van der Waals surface area contributed by atoms with Crippen molar-refractivity contribution in [3.8, 4) is 11.8 Å². The van der Waals surface area contributed by atoms with Gasteiger partial charge in [-0.15, -0.1) is 11.8 Å². The van der Waals surface area contributed by atoms with Gasteiger partial charge in [0.2, 0.25) is 0 Å². The van der Waals surface area contributed by atoms with E-state index in [0.29, 0.717) is 0 Å². The number of unbranched alkanes of at least 4 members (excludes halogenated alkanes) is 10. The lowest BCUT2D eigenvalue weighted by atomic mass is 10.1. The molecule has 0 rings (SSSR count). The molecule has 0 heterocycles. The molecular formula is C16H29Br. The van der Waals surface area contributed by atoms with Gasteiger partial charge in [0, 0.05) is 18.2 Å². The van der Waals surface area contributed by atoms with E-state index < -0.39 is 0 Å². The van der Waals surface area contributed by atoms with Gasteiger partial charge in [-0.1, -0.05) is 67.8 Å². The van der Waals surface area contributed by atoms with E-state index in [1.54, 1.807) is 0 Å². The van der Waals surface area contributed by atoms with Gasteiger partial charge in [0.05, 0.1) is 0 Å². The normalized spacial score (nSPS) is 10.0. The van der Waals surface area contributed by atoms with Gasteiger partial charge in [-0.3, -0.25) is 0 Å². The molecule has 0 aromatic heterocycles. The van der Waals surface area contributed by atoms with Crippen molar-refractivity contribution in [3.05, 3.63) is 0 Å². The summed E-state index contributed by atoms with van der Waals surface area (Å²) < 4.78 is 0. The van der Waals surface area contributed by atoms with E-state index in [1.165, 1.54) is 64.2 Å². The SMILES string of the molecule is CCCCCCCCC#CCCCCCCBr. The quantitative estimate of drug-likeness (QED) is 0.246. The Labute approximate surface area is 117 Å². The Bertz CT molecular complexity index is 187. The molecule has 0 nitrogen and oxygen atoms in total. The molecule has 0 fully saturated rings. The second-order valence-corrected chi connectivity index (χ2v) is 5.52. The zero-order chi connectivity index (χ0) is 12.6. The first-order valence-corrected chi connectivity index (χ1v) is 8.55. The summed E-state index contributed by atoms with van der Waals surface area (Å²) in [5, 5.41) is 1.15. The number of hydrogen-bond donors (Lipinski definition) is 0. The summed E-state index contributed by atoms with van der Waals surface area (Å²) in [6.07, 6.45) is 15.8. The lowest BCUT2D eigenvalue weighted by Crippen LogP contribution is -1.79. The summed E-state index contributed by atoms with van der Waals surface area (Å²) in [4.78, 5) is 0. The number of alkyl halides is 1. The average Bonchev–Trinajstić information content (AvgIpc) is 2.35. The molecule has 0 atom stereocenters. The fraction of sp³-hybridized carbons (Fsp3) is 0.875. The molecule has 17 heavy (non-hydrogen) atoms. The first kappa shape index (κ1) is 17.0. The summed E-state index contributed by atoms with van der Waals surface area (Å²) in [5.74, 6) is 6.61. The van der Waals surface area contributed by atoms with Crippen LogP contribution in [0.4, 0.5) is 0 Å². The lowest BCUT2D eigenvalue weighted by molar-refractivity contribution is 0.613. The fourth-order valence-electron chi connectivity index (χ4n) is 1.83. The van der Waals surface area contributed by atoms with Crippen molar-refractivity contribution in [2.24, 2.45) is 0 Å². The minimum atomic E-state index is 1.11. The van der Waals surface area contributed by atoms with Crippen LogP contribution in [0.3, 0.4) is 0 Å². The molecule has 0 bridgehead atoms. The molecule has 0 saturated carbocycles. The molecule has 0 unspecified atom stereocenters. The summed E-state index contributed by atoms with van der Waals surface area (Å²) in [6, 6.07) is 0. The van der Waals surface area contributed by atoms with Gasteiger partial charge in [0.25, 0.3) is 0 Å². The second kappa shape index (κ2) is 16.0. The molecule has 0 aromatic carbocycles.